The molecule has 1 aromatic rings. The standard InChI is InChI=1S/C16H28N4O2S2/c1-3-17-15(18-6-4-9-23-16-19-7-10-24-16)20-13(2)11-22-14-5-8-21-12-14/h7,10,13-14H,3-6,8-9,11-12H2,1-2H3,(H2,17,18,20). The van der Waals surface area contributed by atoms with Crippen LogP contribution < -0.4 is 10.6 Å². The van der Waals surface area contributed by atoms with E-state index in [-0.39, 0.29) is 12.1 Å². The Balaban J connectivity index is 1.63. The van der Waals surface area contributed by atoms with Crippen LogP contribution in [0.5, 0.6) is 0 Å². The molecule has 2 heterocycles. The van der Waals surface area contributed by atoms with Gasteiger partial charge in [-0.15, -0.1) is 11.3 Å². The second kappa shape index (κ2) is 11.7. The molecule has 136 valence electrons. The Morgan fingerprint density at radius 1 is 1.62 bits per heavy atom. The molecule has 2 unspecified atom stereocenters. The van der Waals surface area contributed by atoms with Gasteiger partial charge in [0.2, 0.25) is 0 Å². The molecule has 2 atom stereocenters. The van der Waals surface area contributed by atoms with Crippen LogP contribution in [-0.4, -0.2) is 61.8 Å². The van der Waals surface area contributed by atoms with Crippen molar-refractivity contribution in [3.63, 3.8) is 0 Å². The molecule has 0 amide bonds. The molecule has 0 spiro atoms. The molecule has 6 nitrogen and oxygen atoms in total. The smallest absolute Gasteiger partial charge is 0.191 e. The summed E-state index contributed by atoms with van der Waals surface area (Å²) in [7, 11) is 0. The second-order valence-electron chi connectivity index (χ2n) is 5.63. The summed E-state index contributed by atoms with van der Waals surface area (Å²) in [6.45, 7) is 8.04. The number of nitrogens with zero attached hydrogens (tertiary/aromatic N) is 2. The van der Waals surface area contributed by atoms with Crippen LogP contribution in [0.1, 0.15) is 26.7 Å². The summed E-state index contributed by atoms with van der Waals surface area (Å²) in [5, 5.41) is 8.70. The highest BCUT2D eigenvalue weighted by Crippen LogP contribution is 2.20. The van der Waals surface area contributed by atoms with E-state index in [4.69, 9.17) is 9.47 Å². The van der Waals surface area contributed by atoms with Gasteiger partial charge < -0.3 is 20.1 Å². The monoisotopic (exact) mass is 372 g/mol. The maximum atomic E-state index is 5.85. The third-order valence-corrected chi connectivity index (χ3v) is 5.46. The van der Waals surface area contributed by atoms with E-state index >= 15 is 0 Å². The van der Waals surface area contributed by atoms with E-state index < -0.39 is 0 Å². The van der Waals surface area contributed by atoms with Crippen LogP contribution in [0.3, 0.4) is 0 Å². The maximum absolute atomic E-state index is 5.85. The average Bonchev–Trinajstić information content (AvgIpc) is 3.26. The van der Waals surface area contributed by atoms with Crippen molar-refractivity contribution in [3.8, 4) is 0 Å². The van der Waals surface area contributed by atoms with Crippen molar-refractivity contribution in [2.75, 3.05) is 38.7 Å². The molecular formula is C16H28N4O2S2. The van der Waals surface area contributed by atoms with Crippen molar-refractivity contribution in [3.05, 3.63) is 11.6 Å². The Kier molecular flexibility index (Phi) is 9.48. The molecule has 8 heteroatoms. The SMILES string of the molecule is CCNC(=NCCCSc1nccs1)NC(C)COC1CCOC1. The fourth-order valence-corrected chi connectivity index (χ4v) is 3.85. The highest BCUT2D eigenvalue weighted by molar-refractivity contribution is 8.00. The molecule has 1 fully saturated rings. The predicted octanol–water partition coefficient (Wildman–Crippen LogP) is 2.37. The van der Waals surface area contributed by atoms with Gasteiger partial charge >= 0.3 is 0 Å². The quantitative estimate of drug-likeness (QED) is 0.284. The minimum Gasteiger partial charge on any atom is -0.379 e. The minimum atomic E-state index is 0.216. The lowest BCUT2D eigenvalue weighted by molar-refractivity contribution is 0.0347. The lowest BCUT2D eigenvalue weighted by Gasteiger charge is -2.19. The third kappa shape index (κ3) is 7.83. The number of rotatable bonds is 10. The number of guanidine groups is 1. The molecule has 1 aromatic heterocycles. The third-order valence-electron chi connectivity index (χ3n) is 3.40. The van der Waals surface area contributed by atoms with Gasteiger partial charge in [0.05, 0.1) is 19.3 Å². The van der Waals surface area contributed by atoms with Crippen LogP contribution in [-0.2, 0) is 9.47 Å². The first-order valence-electron chi connectivity index (χ1n) is 8.54. The van der Waals surface area contributed by atoms with Gasteiger partial charge in [-0.05, 0) is 26.7 Å². The number of nitrogens with one attached hydrogen (secondary N) is 2. The number of aromatic nitrogens is 1. The van der Waals surface area contributed by atoms with E-state index in [9.17, 15) is 0 Å². The van der Waals surface area contributed by atoms with Crippen molar-refractivity contribution >= 4 is 29.1 Å². The predicted molar refractivity (Wildman–Crippen MR) is 101 cm³/mol. The van der Waals surface area contributed by atoms with Crippen molar-refractivity contribution < 1.29 is 9.47 Å². The fourth-order valence-electron chi connectivity index (χ4n) is 2.22. The Bertz CT molecular complexity index is 465. The summed E-state index contributed by atoms with van der Waals surface area (Å²) in [5.41, 5.74) is 0. The summed E-state index contributed by atoms with van der Waals surface area (Å²) in [4.78, 5) is 8.90. The fraction of sp³-hybridized carbons (Fsp3) is 0.750. The molecule has 0 aliphatic carbocycles. The highest BCUT2D eigenvalue weighted by Gasteiger charge is 2.17. The van der Waals surface area contributed by atoms with Crippen molar-refractivity contribution in [1.29, 1.82) is 0 Å². The molecule has 0 radical (unpaired) electrons. The van der Waals surface area contributed by atoms with Crippen LogP contribution >= 0.6 is 23.1 Å². The van der Waals surface area contributed by atoms with Crippen molar-refractivity contribution in [1.82, 2.24) is 15.6 Å². The van der Waals surface area contributed by atoms with Crippen LogP contribution in [0, 0.1) is 0 Å². The summed E-state index contributed by atoms with van der Waals surface area (Å²) in [5.74, 6) is 1.90. The molecule has 1 aliphatic rings. The summed E-state index contributed by atoms with van der Waals surface area (Å²) in [6.07, 6.45) is 4.12. The molecule has 2 rings (SSSR count). The van der Waals surface area contributed by atoms with Gasteiger partial charge in [0.25, 0.3) is 0 Å². The van der Waals surface area contributed by atoms with Crippen LogP contribution in [0.4, 0.5) is 0 Å². The Morgan fingerprint density at radius 2 is 2.54 bits per heavy atom. The molecule has 0 aromatic carbocycles. The van der Waals surface area contributed by atoms with E-state index in [1.165, 1.54) is 0 Å². The second-order valence-corrected chi connectivity index (χ2v) is 7.86. The molecule has 24 heavy (non-hydrogen) atoms. The van der Waals surface area contributed by atoms with E-state index in [0.29, 0.717) is 6.61 Å². The van der Waals surface area contributed by atoms with Crippen molar-refractivity contribution in [2.45, 2.75) is 43.2 Å². The van der Waals surface area contributed by atoms with Gasteiger partial charge in [-0.3, -0.25) is 4.99 Å². The van der Waals surface area contributed by atoms with Gasteiger partial charge in [-0.25, -0.2) is 4.98 Å². The maximum Gasteiger partial charge on any atom is 0.191 e. The first kappa shape index (κ1) is 19.5. The summed E-state index contributed by atoms with van der Waals surface area (Å²) in [6, 6.07) is 0.216. The number of hydrogen-bond acceptors (Lipinski definition) is 6. The van der Waals surface area contributed by atoms with Gasteiger partial charge in [-0.2, -0.15) is 0 Å². The molecule has 1 aliphatic heterocycles. The van der Waals surface area contributed by atoms with E-state index in [0.717, 1.165) is 55.2 Å². The number of ether oxygens (including phenoxy) is 2. The van der Waals surface area contributed by atoms with E-state index in [1.54, 1.807) is 23.1 Å². The molecule has 2 N–H and O–H groups in total. The molecular weight excluding hydrogens is 344 g/mol. The van der Waals surface area contributed by atoms with Crippen molar-refractivity contribution in [2.24, 2.45) is 4.99 Å². The number of aliphatic imine (C=N–C) groups is 1. The lowest BCUT2D eigenvalue weighted by Crippen LogP contribution is -2.44. The number of hydrogen-bond donors (Lipinski definition) is 2. The highest BCUT2D eigenvalue weighted by atomic mass is 32.2. The Morgan fingerprint density at radius 3 is 3.25 bits per heavy atom. The molecule has 0 saturated carbocycles. The topological polar surface area (TPSA) is 67.8 Å². The number of thiazole rings is 1. The normalized spacial score (nSPS) is 19.4. The van der Waals surface area contributed by atoms with Gasteiger partial charge in [-0.1, -0.05) is 11.8 Å². The molecule has 1 saturated heterocycles. The zero-order chi connectivity index (χ0) is 17.0. The van der Waals surface area contributed by atoms with Gasteiger partial charge in [0, 0.05) is 43.1 Å². The average molecular weight is 373 g/mol. The van der Waals surface area contributed by atoms with Crippen LogP contribution in [0.25, 0.3) is 0 Å². The van der Waals surface area contributed by atoms with E-state index in [1.807, 2.05) is 11.6 Å². The van der Waals surface area contributed by atoms with Crippen LogP contribution in [0.2, 0.25) is 0 Å². The summed E-state index contributed by atoms with van der Waals surface area (Å²) >= 11 is 3.48. The molecule has 0 bridgehead atoms. The number of thioether (sulfide) groups is 1. The van der Waals surface area contributed by atoms with Gasteiger partial charge in [0.15, 0.2) is 5.96 Å². The van der Waals surface area contributed by atoms with Gasteiger partial charge in [0.1, 0.15) is 4.34 Å². The van der Waals surface area contributed by atoms with Crippen LogP contribution in [0.15, 0.2) is 20.9 Å². The largest absolute Gasteiger partial charge is 0.379 e. The minimum absolute atomic E-state index is 0.216. The van der Waals surface area contributed by atoms with E-state index in [2.05, 4.69) is 34.5 Å². The first-order valence-corrected chi connectivity index (χ1v) is 10.4. The zero-order valence-corrected chi connectivity index (χ0v) is 16.1. The Labute approximate surface area is 152 Å². The Hall–Kier alpha value is -0.830. The lowest BCUT2D eigenvalue weighted by atomic mass is 10.3. The first-order chi connectivity index (χ1) is 11.8. The zero-order valence-electron chi connectivity index (χ0n) is 14.5. The summed E-state index contributed by atoms with van der Waals surface area (Å²) < 4.78 is 12.3.